The first kappa shape index (κ1) is 14.0. The highest BCUT2D eigenvalue weighted by molar-refractivity contribution is 7.86. The summed E-state index contributed by atoms with van der Waals surface area (Å²) < 4.78 is 26.6. The zero-order valence-corrected chi connectivity index (χ0v) is 11.2. The maximum absolute atomic E-state index is 12.0. The molecule has 0 bridgehead atoms. The van der Waals surface area contributed by atoms with Crippen LogP contribution in [-0.4, -0.2) is 37.7 Å². The third-order valence-electron chi connectivity index (χ3n) is 2.54. The lowest BCUT2D eigenvalue weighted by atomic mass is 10.2. The van der Waals surface area contributed by atoms with Gasteiger partial charge in [-0.15, -0.1) is 0 Å². The number of para-hydroxylation sites is 1. The molecule has 0 radical (unpaired) electrons. The minimum absolute atomic E-state index is 0.295. The van der Waals surface area contributed by atoms with Crippen molar-refractivity contribution >= 4 is 15.9 Å². The summed E-state index contributed by atoms with van der Waals surface area (Å²) in [6, 6.07) is 7.28. The zero-order chi connectivity index (χ0) is 13.1. The molecule has 5 nitrogen and oxygen atoms in total. The molecular weight excluding hydrogens is 238 g/mol. The molecule has 0 saturated carbocycles. The SMILES string of the molecule is CCN(Cc1ccccc1N)S(=O)(=O)N(C)C. The molecule has 1 aromatic rings. The second kappa shape index (κ2) is 5.48. The van der Waals surface area contributed by atoms with Crippen LogP contribution < -0.4 is 5.73 Å². The molecule has 0 aliphatic heterocycles. The maximum atomic E-state index is 12.0. The van der Waals surface area contributed by atoms with E-state index in [0.717, 1.165) is 5.56 Å². The van der Waals surface area contributed by atoms with Gasteiger partial charge in [0, 0.05) is 32.9 Å². The Labute approximate surface area is 103 Å². The van der Waals surface area contributed by atoms with Crippen LogP contribution in [0.1, 0.15) is 12.5 Å². The van der Waals surface area contributed by atoms with Gasteiger partial charge in [-0.25, -0.2) is 0 Å². The molecule has 0 unspecified atom stereocenters. The summed E-state index contributed by atoms with van der Waals surface area (Å²) in [7, 11) is -0.353. The molecule has 0 atom stereocenters. The Morgan fingerprint density at radius 1 is 1.24 bits per heavy atom. The zero-order valence-electron chi connectivity index (χ0n) is 10.4. The minimum atomic E-state index is -3.39. The van der Waals surface area contributed by atoms with Crippen molar-refractivity contribution in [2.24, 2.45) is 0 Å². The number of rotatable bonds is 5. The van der Waals surface area contributed by atoms with E-state index in [1.54, 1.807) is 13.0 Å². The molecule has 96 valence electrons. The number of hydrogen-bond donors (Lipinski definition) is 1. The molecule has 6 heteroatoms. The predicted octanol–water partition coefficient (Wildman–Crippen LogP) is 0.897. The first-order valence-electron chi connectivity index (χ1n) is 5.40. The summed E-state index contributed by atoms with van der Waals surface area (Å²) in [5, 5.41) is 0. The van der Waals surface area contributed by atoms with Crippen LogP contribution in [0.15, 0.2) is 24.3 Å². The van der Waals surface area contributed by atoms with E-state index in [1.807, 2.05) is 18.2 Å². The Kier molecular flexibility index (Phi) is 4.50. The second-order valence-corrected chi connectivity index (χ2v) is 6.06. The topological polar surface area (TPSA) is 66.6 Å². The van der Waals surface area contributed by atoms with E-state index in [9.17, 15) is 8.42 Å². The monoisotopic (exact) mass is 257 g/mol. The van der Waals surface area contributed by atoms with Crippen molar-refractivity contribution in [2.75, 3.05) is 26.4 Å². The summed E-state index contributed by atoms with van der Waals surface area (Å²) in [5.74, 6) is 0. The van der Waals surface area contributed by atoms with Gasteiger partial charge in [0.15, 0.2) is 0 Å². The van der Waals surface area contributed by atoms with Gasteiger partial charge in [0.05, 0.1) is 0 Å². The normalized spacial score (nSPS) is 12.3. The lowest BCUT2D eigenvalue weighted by Gasteiger charge is -2.24. The van der Waals surface area contributed by atoms with Crippen LogP contribution in [0.3, 0.4) is 0 Å². The fourth-order valence-electron chi connectivity index (χ4n) is 1.46. The van der Waals surface area contributed by atoms with Crippen LogP contribution in [0.5, 0.6) is 0 Å². The molecule has 0 aliphatic carbocycles. The van der Waals surface area contributed by atoms with Crippen molar-refractivity contribution in [3.05, 3.63) is 29.8 Å². The van der Waals surface area contributed by atoms with Gasteiger partial charge in [-0.3, -0.25) is 0 Å². The average Bonchev–Trinajstić information content (AvgIpc) is 2.27. The Hall–Kier alpha value is -1.11. The van der Waals surface area contributed by atoms with Crippen molar-refractivity contribution in [3.63, 3.8) is 0 Å². The molecule has 2 N–H and O–H groups in total. The Balaban J connectivity index is 2.96. The third-order valence-corrected chi connectivity index (χ3v) is 4.50. The number of nitrogens with zero attached hydrogens (tertiary/aromatic N) is 2. The smallest absolute Gasteiger partial charge is 0.281 e. The van der Waals surface area contributed by atoms with E-state index >= 15 is 0 Å². The van der Waals surface area contributed by atoms with Crippen molar-refractivity contribution in [3.8, 4) is 0 Å². The van der Waals surface area contributed by atoms with E-state index in [2.05, 4.69) is 0 Å². The molecule has 0 spiro atoms. The highest BCUT2D eigenvalue weighted by atomic mass is 32.2. The van der Waals surface area contributed by atoms with Crippen molar-refractivity contribution in [1.29, 1.82) is 0 Å². The number of benzene rings is 1. The van der Waals surface area contributed by atoms with Gasteiger partial charge in [-0.05, 0) is 11.6 Å². The first-order valence-corrected chi connectivity index (χ1v) is 6.80. The molecule has 0 aliphatic rings. The number of nitrogens with two attached hydrogens (primary N) is 1. The Morgan fingerprint density at radius 3 is 2.29 bits per heavy atom. The van der Waals surface area contributed by atoms with Crippen LogP contribution in [0.25, 0.3) is 0 Å². The average molecular weight is 257 g/mol. The molecule has 17 heavy (non-hydrogen) atoms. The van der Waals surface area contributed by atoms with E-state index < -0.39 is 10.2 Å². The number of hydrogen-bond acceptors (Lipinski definition) is 3. The van der Waals surface area contributed by atoms with Gasteiger partial charge in [-0.1, -0.05) is 25.1 Å². The largest absolute Gasteiger partial charge is 0.398 e. The molecule has 0 fully saturated rings. The minimum Gasteiger partial charge on any atom is -0.398 e. The summed E-state index contributed by atoms with van der Waals surface area (Å²) in [5.41, 5.74) is 7.24. The molecule has 0 heterocycles. The van der Waals surface area contributed by atoms with Crippen molar-refractivity contribution in [2.45, 2.75) is 13.5 Å². The van der Waals surface area contributed by atoms with Gasteiger partial charge >= 0.3 is 0 Å². The molecule has 1 rings (SSSR count). The van der Waals surface area contributed by atoms with Crippen molar-refractivity contribution < 1.29 is 8.42 Å². The van der Waals surface area contributed by atoms with E-state index in [0.29, 0.717) is 18.8 Å². The fraction of sp³-hybridized carbons (Fsp3) is 0.455. The summed E-state index contributed by atoms with van der Waals surface area (Å²) in [4.78, 5) is 0. The lowest BCUT2D eigenvalue weighted by Crippen LogP contribution is -2.39. The van der Waals surface area contributed by atoms with Crippen molar-refractivity contribution in [1.82, 2.24) is 8.61 Å². The highest BCUT2D eigenvalue weighted by Gasteiger charge is 2.23. The van der Waals surface area contributed by atoms with Crippen LogP contribution in [0.4, 0.5) is 5.69 Å². The van der Waals surface area contributed by atoms with Gasteiger partial charge < -0.3 is 5.73 Å². The summed E-state index contributed by atoms with van der Waals surface area (Å²) >= 11 is 0. The maximum Gasteiger partial charge on any atom is 0.281 e. The molecule has 0 amide bonds. The third kappa shape index (κ3) is 3.18. The quantitative estimate of drug-likeness (QED) is 0.797. The second-order valence-electron chi connectivity index (χ2n) is 3.92. The van der Waals surface area contributed by atoms with Gasteiger partial charge in [0.2, 0.25) is 0 Å². The number of anilines is 1. The molecule has 0 saturated heterocycles. The van der Waals surface area contributed by atoms with Crippen LogP contribution in [0, 0.1) is 0 Å². The van der Waals surface area contributed by atoms with Crippen LogP contribution in [0.2, 0.25) is 0 Å². The van der Waals surface area contributed by atoms with Crippen LogP contribution in [-0.2, 0) is 16.8 Å². The molecular formula is C11H19N3O2S. The standard InChI is InChI=1S/C11H19N3O2S/c1-4-14(17(15,16)13(2)3)9-10-7-5-6-8-11(10)12/h5-8H,4,9,12H2,1-3H3. The summed E-state index contributed by atoms with van der Waals surface area (Å²) in [6.45, 7) is 2.51. The first-order chi connectivity index (χ1) is 7.89. The van der Waals surface area contributed by atoms with E-state index in [4.69, 9.17) is 5.73 Å². The molecule has 0 aromatic heterocycles. The Bertz CT molecular complexity index is 471. The Morgan fingerprint density at radius 2 is 1.82 bits per heavy atom. The number of nitrogen functional groups attached to an aromatic ring is 1. The lowest BCUT2D eigenvalue weighted by molar-refractivity contribution is 0.383. The van der Waals surface area contributed by atoms with Gasteiger partial charge in [-0.2, -0.15) is 17.0 Å². The fourth-order valence-corrected chi connectivity index (χ4v) is 2.55. The molecule has 1 aromatic carbocycles. The summed E-state index contributed by atoms with van der Waals surface area (Å²) in [6.07, 6.45) is 0. The van der Waals surface area contributed by atoms with E-state index in [-0.39, 0.29) is 0 Å². The predicted molar refractivity (Wildman–Crippen MR) is 69.5 cm³/mol. The van der Waals surface area contributed by atoms with E-state index in [1.165, 1.54) is 22.7 Å². The van der Waals surface area contributed by atoms with Gasteiger partial charge in [0.1, 0.15) is 0 Å². The van der Waals surface area contributed by atoms with Crippen LogP contribution >= 0.6 is 0 Å². The van der Waals surface area contributed by atoms with Gasteiger partial charge in [0.25, 0.3) is 10.2 Å². The highest BCUT2D eigenvalue weighted by Crippen LogP contribution is 2.16.